The summed E-state index contributed by atoms with van der Waals surface area (Å²) in [6.07, 6.45) is 0. The first-order valence-corrected chi connectivity index (χ1v) is 6.83. The highest BCUT2D eigenvalue weighted by atomic mass is 35.5. The summed E-state index contributed by atoms with van der Waals surface area (Å²) in [6.45, 7) is 0.207. The second kappa shape index (κ2) is 6.47. The number of hydrogen-bond donors (Lipinski definition) is 1. The fourth-order valence-corrected chi connectivity index (χ4v) is 2.34. The van der Waals surface area contributed by atoms with Crippen molar-refractivity contribution in [1.82, 2.24) is 0 Å². The van der Waals surface area contributed by atoms with Crippen molar-refractivity contribution in [3.8, 4) is 0 Å². The third-order valence-electron chi connectivity index (χ3n) is 2.71. The topological polar surface area (TPSA) is 55.2 Å². The van der Waals surface area contributed by atoms with E-state index in [0.29, 0.717) is 16.3 Å². The Morgan fingerprint density at radius 1 is 1.10 bits per heavy atom. The minimum atomic E-state index is -0.697. The summed E-state index contributed by atoms with van der Waals surface area (Å²) in [5, 5.41) is 13.8. The molecule has 0 bridgehead atoms. The molecule has 2 aromatic carbocycles. The van der Waals surface area contributed by atoms with Gasteiger partial charge in [-0.1, -0.05) is 34.8 Å². The molecule has 0 atom stereocenters. The Kier molecular flexibility index (Phi) is 4.88. The van der Waals surface area contributed by atoms with Crippen LogP contribution in [0.2, 0.25) is 15.1 Å². The monoisotopic (exact) mass is 348 g/mol. The lowest BCUT2D eigenvalue weighted by atomic mass is 10.2. The molecule has 0 saturated carbocycles. The summed E-state index contributed by atoms with van der Waals surface area (Å²) in [5.41, 5.74) is 0.947. The van der Waals surface area contributed by atoms with Crippen LogP contribution in [0.5, 0.6) is 0 Å². The van der Waals surface area contributed by atoms with E-state index >= 15 is 0 Å². The molecular formula is C13H8Cl3FN2O2. The lowest BCUT2D eigenvalue weighted by Gasteiger charge is -2.09. The van der Waals surface area contributed by atoms with Crippen LogP contribution in [0.4, 0.5) is 15.8 Å². The molecule has 0 aliphatic rings. The number of non-ortho nitro benzene ring substituents is 1. The SMILES string of the molecule is O=[N+]([O-])c1ccc(Cl)c(CNc2cc(Cl)c(F)c(Cl)c2)c1. The molecule has 2 aromatic rings. The van der Waals surface area contributed by atoms with Gasteiger partial charge in [-0.05, 0) is 23.8 Å². The molecule has 8 heteroatoms. The van der Waals surface area contributed by atoms with Crippen LogP contribution >= 0.6 is 34.8 Å². The molecule has 0 amide bonds. The van der Waals surface area contributed by atoms with Gasteiger partial charge in [-0.3, -0.25) is 10.1 Å². The lowest BCUT2D eigenvalue weighted by Crippen LogP contribution is -2.01. The molecule has 110 valence electrons. The lowest BCUT2D eigenvalue weighted by molar-refractivity contribution is -0.384. The van der Waals surface area contributed by atoms with E-state index in [1.165, 1.54) is 30.3 Å². The van der Waals surface area contributed by atoms with Gasteiger partial charge >= 0.3 is 0 Å². The second-order valence-corrected chi connectivity index (χ2v) is 5.36. The maximum Gasteiger partial charge on any atom is 0.269 e. The predicted octanol–water partition coefficient (Wildman–Crippen LogP) is 5.31. The van der Waals surface area contributed by atoms with Crippen LogP contribution < -0.4 is 5.32 Å². The number of nitro benzene ring substituents is 1. The van der Waals surface area contributed by atoms with E-state index in [1.807, 2.05) is 0 Å². The number of anilines is 1. The molecule has 2 rings (SSSR count). The molecule has 1 N–H and O–H groups in total. The first-order chi connectivity index (χ1) is 9.88. The van der Waals surface area contributed by atoms with Gasteiger partial charge < -0.3 is 5.32 Å². The molecule has 0 aromatic heterocycles. The molecule has 0 saturated heterocycles. The summed E-state index contributed by atoms with van der Waals surface area (Å²) < 4.78 is 13.3. The number of nitro groups is 1. The number of rotatable bonds is 4. The molecule has 4 nitrogen and oxygen atoms in total. The third kappa shape index (κ3) is 3.75. The largest absolute Gasteiger partial charge is 0.381 e. The number of nitrogens with one attached hydrogen (secondary N) is 1. The zero-order valence-electron chi connectivity index (χ0n) is 10.4. The van der Waals surface area contributed by atoms with E-state index in [4.69, 9.17) is 34.8 Å². The second-order valence-electron chi connectivity index (χ2n) is 4.14. The Hall–Kier alpha value is -1.56. The van der Waals surface area contributed by atoms with Crippen LogP contribution in [-0.2, 0) is 6.54 Å². The summed E-state index contributed by atoms with van der Waals surface area (Å²) in [5.74, 6) is -0.697. The van der Waals surface area contributed by atoms with Gasteiger partial charge in [-0.15, -0.1) is 0 Å². The highest BCUT2D eigenvalue weighted by Crippen LogP contribution is 2.28. The van der Waals surface area contributed by atoms with E-state index in [-0.39, 0.29) is 22.3 Å². The number of hydrogen-bond acceptors (Lipinski definition) is 3. The maximum absolute atomic E-state index is 13.3. The number of nitrogens with zero attached hydrogens (tertiary/aromatic N) is 1. The van der Waals surface area contributed by atoms with Crippen LogP contribution in [-0.4, -0.2) is 4.92 Å². The van der Waals surface area contributed by atoms with Gasteiger partial charge in [0.15, 0.2) is 5.82 Å². The van der Waals surface area contributed by atoms with E-state index in [0.717, 1.165) is 0 Å². The van der Waals surface area contributed by atoms with E-state index in [9.17, 15) is 14.5 Å². The molecule has 0 radical (unpaired) electrons. The Labute approximate surface area is 134 Å². The van der Waals surface area contributed by atoms with Crippen LogP contribution in [0.3, 0.4) is 0 Å². The van der Waals surface area contributed by atoms with Gasteiger partial charge in [0.1, 0.15) is 0 Å². The van der Waals surface area contributed by atoms with Gasteiger partial charge in [0.05, 0.1) is 15.0 Å². The molecule has 0 spiro atoms. The van der Waals surface area contributed by atoms with Crippen LogP contribution in [0.15, 0.2) is 30.3 Å². The standard InChI is InChI=1S/C13H8Cl3FN2O2/c14-10-2-1-9(19(20)21)3-7(10)6-18-8-4-11(15)13(17)12(16)5-8/h1-5,18H,6H2. The fraction of sp³-hybridized carbons (Fsp3) is 0.0769. The van der Waals surface area contributed by atoms with Gasteiger partial charge in [0.25, 0.3) is 5.69 Å². The van der Waals surface area contributed by atoms with Crippen molar-refractivity contribution in [2.75, 3.05) is 5.32 Å². The average molecular weight is 350 g/mol. The molecular weight excluding hydrogens is 342 g/mol. The highest BCUT2D eigenvalue weighted by Gasteiger charge is 2.11. The Morgan fingerprint density at radius 2 is 1.71 bits per heavy atom. The quantitative estimate of drug-likeness (QED) is 0.462. The van der Waals surface area contributed by atoms with Gasteiger partial charge in [-0.25, -0.2) is 4.39 Å². The summed E-state index contributed by atoms with van der Waals surface area (Å²) in [7, 11) is 0. The highest BCUT2D eigenvalue weighted by molar-refractivity contribution is 6.35. The number of benzene rings is 2. The first kappa shape index (κ1) is 15.8. The van der Waals surface area contributed by atoms with Crippen molar-refractivity contribution in [3.05, 3.63) is 66.9 Å². The van der Waals surface area contributed by atoms with Gasteiger partial charge in [0.2, 0.25) is 0 Å². The van der Waals surface area contributed by atoms with Crippen molar-refractivity contribution < 1.29 is 9.31 Å². The van der Waals surface area contributed by atoms with Crippen LogP contribution in [0.1, 0.15) is 5.56 Å². The predicted molar refractivity (Wildman–Crippen MR) is 81.9 cm³/mol. The van der Waals surface area contributed by atoms with Crippen molar-refractivity contribution >= 4 is 46.2 Å². The third-order valence-corrected chi connectivity index (χ3v) is 3.63. The Balaban J connectivity index is 2.20. The smallest absolute Gasteiger partial charge is 0.269 e. The molecule has 21 heavy (non-hydrogen) atoms. The molecule has 0 aliphatic heterocycles. The zero-order valence-corrected chi connectivity index (χ0v) is 12.6. The molecule has 0 unspecified atom stereocenters. The summed E-state index contributed by atoms with van der Waals surface area (Å²) in [4.78, 5) is 10.2. The Bertz CT molecular complexity index is 687. The summed E-state index contributed by atoms with van der Waals surface area (Å²) >= 11 is 17.3. The number of halogens is 4. The van der Waals surface area contributed by atoms with Crippen molar-refractivity contribution in [2.45, 2.75) is 6.54 Å². The van der Waals surface area contributed by atoms with Crippen molar-refractivity contribution in [1.29, 1.82) is 0 Å². The minimum absolute atomic E-state index is 0.0635. The molecule has 0 aliphatic carbocycles. The Morgan fingerprint density at radius 3 is 2.29 bits per heavy atom. The van der Waals surface area contributed by atoms with Crippen LogP contribution in [0.25, 0.3) is 0 Å². The van der Waals surface area contributed by atoms with Gasteiger partial charge in [-0.2, -0.15) is 0 Å². The van der Waals surface area contributed by atoms with E-state index < -0.39 is 10.7 Å². The minimum Gasteiger partial charge on any atom is -0.381 e. The summed E-state index contributed by atoms with van der Waals surface area (Å²) in [6, 6.07) is 6.86. The maximum atomic E-state index is 13.3. The fourth-order valence-electron chi connectivity index (χ4n) is 1.67. The van der Waals surface area contributed by atoms with E-state index in [2.05, 4.69) is 5.32 Å². The first-order valence-electron chi connectivity index (χ1n) is 5.69. The zero-order chi connectivity index (χ0) is 15.6. The molecule has 0 fully saturated rings. The molecule has 0 heterocycles. The van der Waals surface area contributed by atoms with Gasteiger partial charge in [0, 0.05) is 29.4 Å². The average Bonchev–Trinajstić information content (AvgIpc) is 2.43. The van der Waals surface area contributed by atoms with Crippen molar-refractivity contribution in [2.24, 2.45) is 0 Å². The van der Waals surface area contributed by atoms with Crippen molar-refractivity contribution in [3.63, 3.8) is 0 Å². The normalized spacial score (nSPS) is 10.5. The van der Waals surface area contributed by atoms with E-state index in [1.54, 1.807) is 0 Å². The van der Waals surface area contributed by atoms with Crippen LogP contribution in [0, 0.1) is 15.9 Å².